The Kier molecular flexibility index (Phi) is 2.93. The van der Waals surface area contributed by atoms with Crippen LogP contribution in [0.1, 0.15) is 10.4 Å². The molecular weight excluding hydrogens is 262 g/mol. The second kappa shape index (κ2) is 4.74. The summed E-state index contributed by atoms with van der Waals surface area (Å²) < 4.78 is 0. The minimum absolute atomic E-state index is 0.168. The lowest BCUT2D eigenvalue weighted by atomic mass is 10.1. The summed E-state index contributed by atoms with van der Waals surface area (Å²) in [6, 6.07) is 12.4. The van der Waals surface area contributed by atoms with Crippen molar-refractivity contribution in [2.75, 3.05) is 5.32 Å². The average Bonchev–Trinajstić information content (AvgIpc) is 2.88. The summed E-state index contributed by atoms with van der Waals surface area (Å²) in [5.41, 5.74) is 2.12. The summed E-state index contributed by atoms with van der Waals surface area (Å²) in [5, 5.41) is 11.2. The van der Waals surface area contributed by atoms with E-state index < -0.39 is 0 Å². The van der Waals surface area contributed by atoms with Crippen LogP contribution >= 0.6 is 11.6 Å². The van der Waals surface area contributed by atoms with Gasteiger partial charge in [-0.15, -0.1) is 0 Å². The van der Waals surface area contributed by atoms with Crippen LogP contribution in [0.15, 0.2) is 48.7 Å². The van der Waals surface area contributed by atoms with Gasteiger partial charge in [-0.3, -0.25) is 9.89 Å². The van der Waals surface area contributed by atoms with Crippen LogP contribution in [0.4, 0.5) is 5.69 Å². The van der Waals surface area contributed by atoms with Crippen LogP contribution < -0.4 is 5.32 Å². The van der Waals surface area contributed by atoms with Crippen molar-refractivity contribution < 1.29 is 4.79 Å². The summed E-state index contributed by atoms with van der Waals surface area (Å²) in [4.78, 5) is 12.1. The molecule has 0 fully saturated rings. The van der Waals surface area contributed by atoms with Crippen LogP contribution in [0.2, 0.25) is 5.02 Å². The maximum atomic E-state index is 12.1. The Morgan fingerprint density at radius 3 is 2.74 bits per heavy atom. The smallest absolute Gasteiger partial charge is 0.255 e. The van der Waals surface area contributed by atoms with E-state index in [1.165, 1.54) is 0 Å². The van der Waals surface area contributed by atoms with E-state index in [1.54, 1.807) is 42.6 Å². The van der Waals surface area contributed by atoms with Crippen LogP contribution in [0.5, 0.6) is 0 Å². The number of benzene rings is 2. The number of amides is 1. The number of hydrogen-bond donors (Lipinski definition) is 2. The van der Waals surface area contributed by atoms with Crippen molar-refractivity contribution >= 4 is 34.1 Å². The molecule has 0 aliphatic carbocycles. The molecule has 1 amide bonds. The quantitative estimate of drug-likeness (QED) is 0.750. The Morgan fingerprint density at radius 2 is 1.95 bits per heavy atom. The zero-order chi connectivity index (χ0) is 13.2. The molecule has 19 heavy (non-hydrogen) atoms. The number of aromatic nitrogens is 2. The van der Waals surface area contributed by atoms with Crippen LogP contribution in [-0.2, 0) is 0 Å². The van der Waals surface area contributed by atoms with Crippen molar-refractivity contribution in [2.24, 2.45) is 0 Å². The van der Waals surface area contributed by atoms with Crippen LogP contribution in [0, 0.1) is 0 Å². The molecule has 0 saturated heterocycles. The van der Waals surface area contributed by atoms with Gasteiger partial charge < -0.3 is 5.32 Å². The number of anilines is 1. The van der Waals surface area contributed by atoms with Crippen molar-refractivity contribution in [3.05, 3.63) is 59.2 Å². The fourth-order valence-corrected chi connectivity index (χ4v) is 1.94. The standard InChI is InChI=1S/C14H10ClN3O/c15-11-3-5-12(6-4-11)17-14(19)9-1-2-10-8-16-18-13(10)7-9/h1-8H,(H,16,18)(H,17,19). The number of rotatable bonds is 2. The molecule has 0 aliphatic rings. The van der Waals surface area contributed by atoms with E-state index in [9.17, 15) is 4.79 Å². The molecule has 0 atom stereocenters. The first-order chi connectivity index (χ1) is 9.22. The van der Waals surface area contributed by atoms with E-state index in [2.05, 4.69) is 15.5 Å². The van der Waals surface area contributed by atoms with Gasteiger partial charge in [0.1, 0.15) is 0 Å². The van der Waals surface area contributed by atoms with Crippen molar-refractivity contribution in [1.82, 2.24) is 10.2 Å². The molecule has 0 bridgehead atoms. The van der Waals surface area contributed by atoms with Gasteiger partial charge in [-0.2, -0.15) is 5.10 Å². The van der Waals surface area contributed by atoms with Gasteiger partial charge in [0, 0.05) is 21.7 Å². The molecule has 0 unspecified atom stereocenters. The van der Waals surface area contributed by atoms with Gasteiger partial charge in [0.15, 0.2) is 0 Å². The first kappa shape index (κ1) is 11.7. The predicted octanol–water partition coefficient (Wildman–Crippen LogP) is 3.47. The lowest BCUT2D eigenvalue weighted by Crippen LogP contribution is -2.11. The van der Waals surface area contributed by atoms with Gasteiger partial charge in [0.2, 0.25) is 0 Å². The molecule has 1 aromatic heterocycles. The van der Waals surface area contributed by atoms with Gasteiger partial charge in [-0.05, 0) is 36.4 Å². The number of nitrogens with one attached hydrogen (secondary N) is 2. The molecule has 1 heterocycles. The van der Waals surface area contributed by atoms with Crippen molar-refractivity contribution in [1.29, 1.82) is 0 Å². The highest BCUT2D eigenvalue weighted by molar-refractivity contribution is 6.30. The Morgan fingerprint density at radius 1 is 1.16 bits per heavy atom. The summed E-state index contributed by atoms with van der Waals surface area (Å²) in [6.45, 7) is 0. The summed E-state index contributed by atoms with van der Waals surface area (Å²) in [7, 11) is 0. The van der Waals surface area contributed by atoms with Crippen molar-refractivity contribution in [2.45, 2.75) is 0 Å². The Hall–Kier alpha value is -2.33. The molecule has 4 nitrogen and oxygen atoms in total. The molecule has 3 aromatic rings. The second-order valence-electron chi connectivity index (χ2n) is 4.13. The lowest BCUT2D eigenvalue weighted by Gasteiger charge is -2.05. The molecule has 0 saturated carbocycles. The minimum atomic E-state index is -0.168. The molecule has 2 aromatic carbocycles. The van der Waals surface area contributed by atoms with Gasteiger partial charge in [0.25, 0.3) is 5.91 Å². The first-order valence-electron chi connectivity index (χ1n) is 5.72. The molecule has 0 aliphatic heterocycles. The van der Waals surface area contributed by atoms with E-state index in [-0.39, 0.29) is 5.91 Å². The minimum Gasteiger partial charge on any atom is -0.322 e. The van der Waals surface area contributed by atoms with E-state index in [0.29, 0.717) is 16.3 Å². The highest BCUT2D eigenvalue weighted by atomic mass is 35.5. The number of aromatic amines is 1. The molecule has 5 heteroatoms. The summed E-state index contributed by atoms with van der Waals surface area (Å²) in [5.74, 6) is -0.168. The van der Waals surface area contributed by atoms with Gasteiger partial charge >= 0.3 is 0 Å². The number of fused-ring (bicyclic) bond motifs is 1. The normalized spacial score (nSPS) is 10.6. The molecule has 94 valence electrons. The number of hydrogen-bond acceptors (Lipinski definition) is 2. The van der Waals surface area contributed by atoms with E-state index in [1.807, 2.05) is 6.07 Å². The van der Waals surface area contributed by atoms with E-state index >= 15 is 0 Å². The number of nitrogens with zero attached hydrogens (tertiary/aromatic N) is 1. The summed E-state index contributed by atoms with van der Waals surface area (Å²) >= 11 is 5.79. The number of carbonyl (C=O) groups excluding carboxylic acids is 1. The predicted molar refractivity (Wildman–Crippen MR) is 75.5 cm³/mol. The van der Waals surface area contributed by atoms with Crippen LogP contribution in [-0.4, -0.2) is 16.1 Å². The van der Waals surface area contributed by atoms with Crippen LogP contribution in [0.3, 0.4) is 0 Å². The fourth-order valence-electron chi connectivity index (χ4n) is 1.81. The summed E-state index contributed by atoms with van der Waals surface area (Å²) in [6.07, 6.45) is 1.72. The third-order valence-electron chi connectivity index (χ3n) is 2.81. The average molecular weight is 272 g/mol. The number of H-pyrrole nitrogens is 1. The third-order valence-corrected chi connectivity index (χ3v) is 3.06. The molecule has 0 spiro atoms. The highest BCUT2D eigenvalue weighted by Gasteiger charge is 2.07. The van der Waals surface area contributed by atoms with Gasteiger partial charge in [-0.25, -0.2) is 0 Å². The van der Waals surface area contributed by atoms with Gasteiger partial charge in [0.05, 0.1) is 11.7 Å². The number of halogens is 1. The number of carbonyl (C=O) groups is 1. The van der Waals surface area contributed by atoms with Crippen LogP contribution in [0.25, 0.3) is 10.9 Å². The molecule has 3 rings (SSSR count). The fraction of sp³-hybridized carbons (Fsp3) is 0. The molecular formula is C14H10ClN3O. The monoisotopic (exact) mass is 271 g/mol. The van der Waals surface area contributed by atoms with Crippen molar-refractivity contribution in [3.63, 3.8) is 0 Å². The van der Waals surface area contributed by atoms with E-state index in [0.717, 1.165) is 10.9 Å². The zero-order valence-electron chi connectivity index (χ0n) is 9.85. The Bertz CT molecular complexity index is 734. The third kappa shape index (κ3) is 2.44. The second-order valence-corrected chi connectivity index (χ2v) is 4.57. The van der Waals surface area contributed by atoms with E-state index in [4.69, 9.17) is 11.6 Å². The SMILES string of the molecule is O=C(Nc1ccc(Cl)cc1)c1ccc2cn[nH]c2c1. The molecule has 0 radical (unpaired) electrons. The Balaban J connectivity index is 1.84. The molecule has 2 N–H and O–H groups in total. The first-order valence-corrected chi connectivity index (χ1v) is 6.10. The zero-order valence-corrected chi connectivity index (χ0v) is 10.6. The maximum absolute atomic E-state index is 12.1. The topological polar surface area (TPSA) is 57.8 Å². The Labute approximate surface area is 114 Å². The lowest BCUT2D eigenvalue weighted by molar-refractivity contribution is 0.102. The van der Waals surface area contributed by atoms with Gasteiger partial charge in [-0.1, -0.05) is 17.7 Å². The van der Waals surface area contributed by atoms with Crippen molar-refractivity contribution in [3.8, 4) is 0 Å². The largest absolute Gasteiger partial charge is 0.322 e. The maximum Gasteiger partial charge on any atom is 0.255 e. The highest BCUT2D eigenvalue weighted by Crippen LogP contribution is 2.16.